The summed E-state index contributed by atoms with van der Waals surface area (Å²) in [7, 11) is 0. The molecule has 1 amide bonds. The summed E-state index contributed by atoms with van der Waals surface area (Å²) in [6.45, 7) is 0. The van der Waals surface area contributed by atoms with Crippen LogP contribution in [0.15, 0.2) is 30.6 Å². The Morgan fingerprint density at radius 3 is 3.00 bits per heavy atom. The molecule has 3 aromatic rings. The zero-order valence-electron chi connectivity index (χ0n) is 8.97. The zero-order valence-corrected chi connectivity index (χ0v) is 8.97. The van der Waals surface area contributed by atoms with E-state index in [2.05, 4.69) is 15.0 Å². The number of H-pyrrole nitrogens is 1. The summed E-state index contributed by atoms with van der Waals surface area (Å²) in [6.07, 6.45) is 1.72. The van der Waals surface area contributed by atoms with E-state index in [0.29, 0.717) is 5.69 Å². The lowest BCUT2D eigenvalue weighted by Crippen LogP contribution is -2.15. The average Bonchev–Trinajstić information content (AvgIpc) is 2.78. The van der Waals surface area contributed by atoms with E-state index in [9.17, 15) is 4.79 Å². The number of nitrogens with zero attached hydrogens (tertiary/aromatic N) is 2. The molecule has 0 fully saturated rings. The minimum atomic E-state index is -0.399. The molecular formula is C12H10N4O. The number of aromatic amines is 1. The standard InChI is InChI=1S/C12H10N4O/c13-10(17)5-9-12-11(14-6-15-12)7-3-1-2-4-8(7)16-9/h1-4,6H,5H2,(H2,13,17)(H,14,15). The molecule has 2 aromatic heterocycles. The fourth-order valence-electron chi connectivity index (χ4n) is 1.98. The summed E-state index contributed by atoms with van der Waals surface area (Å²) >= 11 is 0. The quantitative estimate of drug-likeness (QED) is 0.687. The second-order valence-electron chi connectivity index (χ2n) is 3.84. The molecular weight excluding hydrogens is 216 g/mol. The number of amides is 1. The van der Waals surface area contributed by atoms with Crippen molar-refractivity contribution in [2.45, 2.75) is 6.42 Å². The highest BCUT2D eigenvalue weighted by molar-refractivity contribution is 6.03. The first-order valence-corrected chi connectivity index (χ1v) is 5.24. The second-order valence-corrected chi connectivity index (χ2v) is 3.84. The smallest absolute Gasteiger partial charge is 0.223 e. The van der Waals surface area contributed by atoms with Gasteiger partial charge in [-0.15, -0.1) is 0 Å². The van der Waals surface area contributed by atoms with Gasteiger partial charge in [0.15, 0.2) is 0 Å². The first kappa shape index (κ1) is 9.77. The number of hydrogen-bond acceptors (Lipinski definition) is 3. The van der Waals surface area contributed by atoms with Gasteiger partial charge in [-0.1, -0.05) is 18.2 Å². The Hall–Kier alpha value is -2.43. The van der Waals surface area contributed by atoms with Crippen LogP contribution >= 0.6 is 0 Å². The van der Waals surface area contributed by atoms with Gasteiger partial charge in [0.05, 0.1) is 35.0 Å². The van der Waals surface area contributed by atoms with Gasteiger partial charge in [0.1, 0.15) is 0 Å². The molecule has 3 rings (SSSR count). The number of aromatic nitrogens is 3. The van der Waals surface area contributed by atoms with Crippen molar-refractivity contribution in [2.75, 3.05) is 0 Å². The average molecular weight is 226 g/mol. The largest absolute Gasteiger partial charge is 0.369 e. The number of rotatable bonds is 2. The Morgan fingerprint density at radius 1 is 1.35 bits per heavy atom. The monoisotopic (exact) mass is 226 g/mol. The summed E-state index contributed by atoms with van der Waals surface area (Å²) in [4.78, 5) is 22.7. The number of pyridine rings is 1. The van der Waals surface area contributed by atoms with Gasteiger partial charge in [-0.3, -0.25) is 4.79 Å². The Labute approximate surface area is 96.7 Å². The molecule has 0 aliphatic heterocycles. The lowest BCUT2D eigenvalue weighted by molar-refractivity contribution is -0.117. The molecule has 1 aromatic carbocycles. The molecule has 0 aliphatic carbocycles. The van der Waals surface area contributed by atoms with Crippen molar-refractivity contribution < 1.29 is 4.79 Å². The third-order valence-corrected chi connectivity index (χ3v) is 2.68. The third kappa shape index (κ3) is 1.52. The molecule has 5 heteroatoms. The topological polar surface area (TPSA) is 84.7 Å². The molecule has 84 valence electrons. The molecule has 0 bridgehead atoms. The van der Waals surface area contributed by atoms with Crippen molar-refractivity contribution in [1.82, 2.24) is 15.0 Å². The van der Waals surface area contributed by atoms with Crippen LogP contribution < -0.4 is 5.73 Å². The number of nitrogens with two attached hydrogens (primary N) is 1. The lowest BCUT2D eigenvalue weighted by atomic mass is 10.1. The van der Waals surface area contributed by atoms with E-state index in [4.69, 9.17) is 5.73 Å². The van der Waals surface area contributed by atoms with Crippen LogP contribution in [0.4, 0.5) is 0 Å². The van der Waals surface area contributed by atoms with Gasteiger partial charge in [-0.05, 0) is 6.07 Å². The first-order valence-electron chi connectivity index (χ1n) is 5.24. The molecule has 0 saturated carbocycles. The van der Waals surface area contributed by atoms with Gasteiger partial charge in [-0.2, -0.15) is 0 Å². The van der Waals surface area contributed by atoms with Gasteiger partial charge >= 0.3 is 0 Å². The molecule has 5 nitrogen and oxygen atoms in total. The zero-order chi connectivity index (χ0) is 11.8. The number of nitrogens with one attached hydrogen (secondary N) is 1. The van der Waals surface area contributed by atoms with Crippen LogP contribution in [0.2, 0.25) is 0 Å². The molecule has 3 N–H and O–H groups in total. The van der Waals surface area contributed by atoms with E-state index in [1.165, 1.54) is 0 Å². The summed E-state index contributed by atoms with van der Waals surface area (Å²) in [6, 6.07) is 7.70. The van der Waals surface area contributed by atoms with Crippen LogP contribution in [0, 0.1) is 0 Å². The summed E-state index contributed by atoms with van der Waals surface area (Å²) < 4.78 is 0. The summed E-state index contributed by atoms with van der Waals surface area (Å²) in [5.74, 6) is -0.399. The van der Waals surface area contributed by atoms with Crippen molar-refractivity contribution in [2.24, 2.45) is 5.73 Å². The maximum Gasteiger partial charge on any atom is 0.223 e. The molecule has 0 saturated heterocycles. The Bertz CT molecular complexity index is 717. The van der Waals surface area contributed by atoms with E-state index in [1.54, 1.807) is 6.33 Å². The molecule has 2 heterocycles. The highest BCUT2D eigenvalue weighted by atomic mass is 16.1. The number of primary amides is 1. The molecule has 0 spiro atoms. The maximum atomic E-state index is 11.0. The summed E-state index contributed by atoms with van der Waals surface area (Å²) in [5.41, 5.74) is 8.29. The van der Waals surface area contributed by atoms with Gasteiger partial charge in [0.25, 0.3) is 0 Å². The summed E-state index contributed by atoms with van der Waals surface area (Å²) in [5, 5.41) is 0.969. The molecule has 0 atom stereocenters. The van der Waals surface area contributed by atoms with Crippen molar-refractivity contribution >= 4 is 27.8 Å². The van der Waals surface area contributed by atoms with Crippen molar-refractivity contribution in [3.63, 3.8) is 0 Å². The normalized spacial score (nSPS) is 11.1. The molecule has 0 radical (unpaired) electrons. The van der Waals surface area contributed by atoms with Crippen molar-refractivity contribution in [3.8, 4) is 0 Å². The fourth-order valence-corrected chi connectivity index (χ4v) is 1.98. The van der Waals surface area contributed by atoms with Crippen LogP contribution in [0.5, 0.6) is 0 Å². The Balaban J connectivity index is 2.39. The van der Waals surface area contributed by atoms with Gasteiger partial charge in [-0.25, -0.2) is 9.97 Å². The van der Waals surface area contributed by atoms with Crippen LogP contribution in [-0.4, -0.2) is 20.9 Å². The molecule has 0 aliphatic rings. The third-order valence-electron chi connectivity index (χ3n) is 2.68. The van der Waals surface area contributed by atoms with Crippen molar-refractivity contribution in [3.05, 3.63) is 36.3 Å². The maximum absolute atomic E-state index is 11.0. The van der Waals surface area contributed by atoms with Crippen LogP contribution in [-0.2, 0) is 11.2 Å². The highest BCUT2D eigenvalue weighted by Crippen LogP contribution is 2.23. The van der Waals surface area contributed by atoms with E-state index >= 15 is 0 Å². The first-order chi connectivity index (χ1) is 8.25. The van der Waals surface area contributed by atoms with Crippen LogP contribution in [0.3, 0.4) is 0 Å². The van der Waals surface area contributed by atoms with Gasteiger partial charge in [0.2, 0.25) is 5.91 Å². The number of fused-ring (bicyclic) bond motifs is 3. The Morgan fingerprint density at radius 2 is 2.18 bits per heavy atom. The predicted molar refractivity (Wildman–Crippen MR) is 64.3 cm³/mol. The number of para-hydroxylation sites is 1. The minimum absolute atomic E-state index is 0.115. The number of carbonyl (C=O) groups is 1. The predicted octanol–water partition coefficient (Wildman–Crippen LogP) is 1.14. The van der Waals surface area contributed by atoms with Crippen molar-refractivity contribution in [1.29, 1.82) is 0 Å². The van der Waals surface area contributed by atoms with Crippen LogP contribution in [0.25, 0.3) is 21.9 Å². The van der Waals surface area contributed by atoms with E-state index < -0.39 is 5.91 Å². The number of hydrogen-bond donors (Lipinski definition) is 2. The van der Waals surface area contributed by atoms with E-state index in [1.807, 2.05) is 24.3 Å². The fraction of sp³-hybridized carbons (Fsp3) is 0.0833. The molecule has 17 heavy (non-hydrogen) atoms. The molecule has 0 unspecified atom stereocenters. The van der Waals surface area contributed by atoms with Gasteiger partial charge < -0.3 is 10.7 Å². The second kappa shape index (κ2) is 3.55. The van der Waals surface area contributed by atoms with E-state index in [0.717, 1.165) is 21.9 Å². The number of carbonyl (C=O) groups excluding carboxylic acids is 1. The number of imidazole rings is 1. The van der Waals surface area contributed by atoms with Crippen LogP contribution in [0.1, 0.15) is 5.69 Å². The van der Waals surface area contributed by atoms with Gasteiger partial charge in [0, 0.05) is 5.39 Å². The Kier molecular flexibility index (Phi) is 2.04. The highest BCUT2D eigenvalue weighted by Gasteiger charge is 2.11. The van der Waals surface area contributed by atoms with E-state index in [-0.39, 0.29) is 6.42 Å². The lowest BCUT2D eigenvalue weighted by Gasteiger charge is -2.03. The number of benzene rings is 1. The SMILES string of the molecule is NC(=O)Cc1nc2ccccc2c2nc[nH]c12. The minimum Gasteiger partial charge on any atom is -0.369 e.